The van der Waals surface area contributed by atoms with Crippen LogP contribution in [0, 0.1) is 20.8 Å². The molecule has 0 aliphatic rings. The van der Waals surface area contributed by atoms with Crippen LogP contribution in [0.1, 0.15) is 39.8 Å². The zero-order valence-electron chi connectivity index (χ0n) is 18.7. The molecule has 5 aromatic rings. The molecule has 1 N–H and O–H groups in total. The molecule has 0 radical (unpaired) electrons. The van der Waals surface area contributed by atoms with E-state index >= 15 is 0 Å². The van der Waals surface area contributed by atoms with Crippen molar-refractivity contribution in [3.63, 3.8) is 0 Å². The molecule has 0 amide bonds. The van der Waals surface area contributed by atoms with Gasteiger partial charge in [0.05, 0.1) is 29.0 Å². The van der Waals surface area contributed by atoms with Gasteiger partial charge in [0, 0.05) is 4.88 Å². The number of aryl methyl sites for hydroxylation is 3. The maximum Gasteiger partial charge on any atom is 0.259 e. The van der Waals surface area contributed by atoms with Crippen molar-refractivity contribution in [1.29, 1.82) is 0 Å². The summed E-state index contributed by atoms with van der Waals surface area (Å²) in [4.78, 5) is 22.4. The minimum absolute atomic E-state index is 0.0928. The monoisotopic (exact) mass is 477 g/mol. The van der Waals surface area contributed by atoms with Gasteiger partial charge in [0.2, 0.25) is 0 Å². The maximum absolute atomic E-state index is 12.8. The number of hydrogen-bond donors (Lipinski definition) is 1. The van der Waals surface area contributed by atoms with E-state index in [1.165, 1.54) is 11.8 Å². The molecule has 0 bridgehead atoms. The predicted molar refractivity (Wildman–Crippen MR) is 132 cm³/mol. The van der Waals surface area contributed by atoms with Crippen LogP contribution in [0.15, 0.2) is 57.0 Å². The van der Waals surface area contributed by atoms with E-state index in [1.54, 1.807) is 17.6 Å². The van der Waals surface area contributed by atoms with E-state index in [0.29, 0.717) is 17.8 Å². The van der Waals surface area contributed by atoms with E-state index in [4.69, 9.17) is 9.40 Å². The minimum atomic E-state index is -0.123. The van der Waals surface area contributed by atoms with Gasteiger partial charge < -0.3 is 9.40 Å². The average Bonchev–Trinajstić information content (AvgIpc) is 3.47. The largest absolute Gasteiger partial charge is 0.469 e. The van der Waals surface area contributed by atoms with Crippen molar-refractivity contribution in [2.75, 3.05) is 0 Å². The Morgan fingerprint density at radius 1 is 1.15 bits per heavy atom. The standard InChI is InChI=1S/C24H23N5O2S2/c1-13-15(3)32-23-19(13)22(30)25-20(26-23)16(4)33-24-28-27-21(18-10-11-31-14(18)2)29(24)12-17-8-6-5-7-9-17/h5-11,16H,12H2,1-4H3,(H,25,26,30). The van der Waals surface area contributed by atoms with Gasteiger partial charge in [-0.15, -0.1) is 21.5 Å². The van der Waals surface area contributed by atoms with Crippen molar-refractivity contribution < 1.29 is 4.42 Å². The number of aromatic amines is 1. The third kappa shape index (κ3) is 4.02. The number of benzene rings is 1. The molecule has 4 aromatic heterocycles. The predicted octanol–water partition coefficient (Wildman–Crippen LogP) is 5.66. The van der Waals surface area contributed by atoms with E-state index in [0.717, 1.165) is 43.1 Å². The number of furan rings is 1. The molecule has 0 aliphatic heterocycles. The van der Waals surface area contributed by atoms with Crippen LogP contribution >= 0.6 is 23.1 Å². The quantitative estimate of drug-likeness (QED) is 0.317. The first-order valence-corrected chi connectivity index (χ1v) is 12.3. The van der Waals surface area contributed by atoms with Gasteiger partial charge in [-0.3, -0.25) is 9.36 Å². The van der Waals surface area contributed by atoms with Crippen LogP contribution in [0.25, 0.3) is 21.6 Å². The number of aromatic nitrogens is 5. The Labute approximate surface area is 198 Å². The zero-order valence-corrected chi connectivity index (χ0v) is 20.4. The molecule has 0 fully saturated rings. The number of rotatable bonds is 6. The maximum atomic E-state index is 12.8. The van der Waals surface area contributed by atoms with Crippen molar-refractivity contribution in [3.05, 3.63) is 80.6 Å². The summed E-state index contributed by atoms with van der Waals surface area (Å²) >= 11 is 3.08. The molecule has 5 rings (SSSR count). The number of nitrogens with one attached hydrogen (secondary N) is 1. The van der Waals surface area contributed by atoms with Crippen LogP contribution < -0.4 is 5.56 Å². The first-order chi connectivity index (χ1) is 15.9. The Balaban J connectivity index is 1.53. The van der Waals surface area contributed by atoms with Crippen LogP contribution in [0.3, 0.4) is 0 Å². The van der Waals surface area contributed by atoms with Gasteiger partial charge in [-0.05, 0) is 44.9 Å². The van der Waals surface area contributed by atoms with Crippen LogP contribution in [0.4, 0.5) is 0 Å². The summed E-state index contributed by atoms with van der Waals surface area (Å²) in [5.41, 5.74) is 2.96. The molecule has 1 atom stereocenters. The molecule has 1 unspecified atom stereocenters. The highest BCUT2D eigenvalue weighted by Crippen LogP contribution is 2.36. The van der Waals surface area contributed by atoms with Gasteiger partial charge in [-0.2, -0.15) is 0 Å². The van der Waals surface area contributed by atoms with E-state index in [-0.39, 0.29) is 10.8 Å². The third-order valence-corrected chi connectivity index (χ3v) is 7.92. The Morgan fingerprint density at radius 2 is 1.94 bits per heavy atom. The van der Waals surface area contributed by atoms with Crippen LogP contribution in [0.2, 0.25) is 0 Å². The molecular weight excluding hydrogens is 454 g/mol. The van der Waals surface area contributed by atoms with Crippen LogP contribution in [-0.4, -0.2) is 24.7 Å². The second-order valence-corrected chi connectivity index (χ2v) is 10.5. The number of hydrogen-bond acceptors (Lipinski definition) is 7. The van der Waals surface area contributed by atoms with Crippen molar-refractivity contribution in [2.24, 2.45) is 0 Å². The molecule has 0 saturated carbocycles. The minimum Gasteiger partial charge on any atom is -0.469 e. The number of fused-ring (bicyclic) bond motifs is 1. The first kappa shape index (κ1) is 21.7. The molecule has 1 aromatic carbocycles. The van der Waals surface area contributed by atoms with E-state index in [9.17, 15) is 4.79 Å². The SMILES string of the molecule is Cc1occc1-c1nnc(SC(C)c2nc3sc(C)c(C)c3c(=O)[nH]2)n1Cc1ccccc1. The molecule has 33 heavy (non-hydrogen) atoms. The lowest BCUT2D eigenvalue weighted by atomic mass is 10.2. The molecule has 0 spiro atoms. The molecule has 4 heterocycles. The van der Waals surface area contributed by atoms with Gasteiger partial charge in [-0.1, -0.05) is 42.1 Å². The Bertz CT molecular complexity index is 1500. The second kappa shape index (κ2) is 8.64. The molecular formula is C24H23N5O2S2. The number of nitrogens with zero attached hydrogens (tertiary/aromatic N) is 4. The summed E-state index contributed by atoms with van der Waals surface area (Å²) in [7, 11) is 0. The van der Waals surface area contributed by atoms with E-state index < -0.39 is 0 Å². The summed E-state index contributed by atoms with van der Waals surface area (Å²) in [5, 5.41) is 10.3. The summed E-state index contributed by atoms with van der Waals surface area (Å²) in [6, 6.07) is 12.1. The lowest BCUT2D eigenvalue weighted by Crippen LogP contribution is -2.13. The number of H-pyrrole nitrogens is 1. The summed E-state index contributed by atoms with van der Waals surface area (Å²) in [5.74, 6) is 2.18. The summed E-state index contributed by atoms with van der Waals surface area (Å²) < 4.78 is 7.60. The fourth-order valence-corrected chi connectivity index (χ4v) is 5.72. The number of thiophene rings is 1. The highest BCUT2D eigenvalue weighted by atomic mass is 32.2. The van der Waals surface area contributed by atoms with E-state index in [1.807, 2.05) is 52.0 Å². The average molecular weight is 478 g/mol. The molecule has 168 valence electrons. The zero-order chi connectivity index (χ0) is 23.1. The fourth-order valence-electron chi connectivity index (χ4n) is 3.78. The van der Waals surface area contributed by atoms with Gasteiger partial charge in [0.1, 0.15) is 16.4 Å². The van der Waals surface area contributed by atoms with Crippen molar-refractivity contribution >= 4 is 33.3 Å². The topological polar surface area (TPSA) is 89.6 Å². The lowest BCUT2D eigenvalue weighted by molar-refractivity contribution is 0.534. The lowest BCUT2D eigenvalue weighted by Gasteiger charge is -2.13. The molecule has 9 heteroatoms. The van der Waals surface area contributed by atoms with Gasteiger partial charge >= 0.3 is 0 Å². The van der Waals surface area contributed by atoms with Crippen molar-refractivity contribution in [3.8, 4) is 11.4 Å². The smallest absolute Gasteiger partial charge is 0.259 e. The van der Waals surface area contributed by atoms with Gasteiger partial charge in [0.25, 0.3) is 5.56 Å². The highest BCUT2D eigenvalue weighted by molar-refractivity contribution is 7.99. The number of thioether (sulfide) groups is 1. The van der Waals surface area contributed by atoms with Crippen LogP contribution in [0.5, 0.6) is 0 Å². The summed E-state index contributed by atoms with van der Waals surface area (Å²) in [6.45, 7) is 8.54. The highest BCUT2D eigenvalue weighted by Gasteiger charge is 2.22. The normalized spacial score (nSPS) is 12.5. The van der Waals surface area contributed by atoms with Crippen molar-refractivity contribution in [1.82, 2.24) is 24.7 Å². The van der Waals surface area contributed by atoms with Gasteiger partial charge in [-0.25, -0.2) is 4.98 Å². The Hall–Kier alpha value is -3.17. The van der Waals surface area contributed by atoms with Gasteiger partial charge in [0.15, 0.2) is 11.0 Å². The fraction of sp³-hybridized carbons (Fsp3) is 0.250. The molecule has 7 nitrogen and oxygen atoms in total. The Kier molecular flexibility index (Phi) is 5.67. The summed E-state index contributed by atoms with van der Waals surface area (Å²) in [6.07, 6.45) is 1.66. The molecule has 0 saturated heterocycles. The molecule has 0 aliphatic carbocycles. The second-order valence-electron chi connectivity index (χ2n) is 7.94. The Morgan fingerprint density at radius 3 is 2.67 bits per heavy atom. The third-order valence-electron chi connectivity index (χ3n) is 5.72. The van der Waals surface area contributed by atoms with E-state index in [2.05, 4.69) is 31.9 Å². The first-order valence-electron chi connectivity index (χ1n) is 10.6. The van der Waals surface area contributed by atoms with Crippen molar-refractivity contribution in [2.45, 2.75) is 44.6 Å². The van der Waals surface area contributed by atoms with Crippen LogP contribution in [-0.2, 0) is 6.54 Å².